The fraction of sp³-hybridized carbons (Fsp3) is 0.480. The summed E-state index contributed by atoms with van der Waals surface area (Å²) in [6.45, 7) is 2.13. The highest BCUT2D eigenvalue weighted by Gasteiger charge is 2.43. The van der Waals surface area contributed by atoms with E-state index in [1.807, 2.05) is 37.3 Å². The number of rotatable bonds is 6. The van der Waals surface area contributed by atoms with Crippen molar-refractivity contribution in [2.24, 2.45) is 5.92 Å². The highest BCUT2D eigenvalue weighted by atomic mass is 19.4. The Balaban J connectivity index is 1.59. The third-order valence-electron chi connectivity index (χ3n) is 6.30. The smallest absolute Gasteiger partial charge is 0.416 e. The zero-order valence-electron chi connectivity index (χ0n) is 18.0. The van der Waals surface area contributed by atoms with E-state index < -0.39 is 17.8 Å². The number of nitrogens with one attached hydrogen (secondary N) is 1. The summed E-state index contributed by atoms with van der Waals surface area (Å²) >= 11 is 0. The van der Waals surface area contributed by atoms with E-state index in [9.17, 15) is 18.0 Å². The first-order valence-corrected chi connectivity index (χ1v) is 11.2. The number of ether oxygens (including phenoxy) is 2. The van der Waals surface area contributed by atoms with E-state index in [1.54, 1.807) is 0 Å². The van der Waals surface area contributed by atoms with Gasteiger partial charge in [-0.05, 0) is 43.0 Å². The molecular formula is C25H28F3NO3. The predicted octanol–water partition coefficient (Wildman–Crippen LogP) is 6.44. The SMILES string of the molecule is CCCCC(=O)OC[C@H]1CC[C@@H]2[C@H](O1)c1cc(C(F)(F)F)ccc1N[C@H]2c1ccccc1. The largest absolute Gasteiger partial charge is 0.463 e. The van der Waals surface area contributed by atoms with Crippen LogP contribution in [0.15, 0.2) is 48.5 Å². The molecule has 32 heavy (non-hydrogen) atoms. The van der Waals surface area contributed by atoms with Crippen LogP contribution in [0.1, 0.15) is 67.9 Å². The number of anilines is 1. The first kappa shape index (κ1) is 22.6. The number of benzene rings is 2. The van der Waals surface area contributed by atoms with Crippen LogP contribution in [0.2, 0.25) is 0 Å². The summed E-state index contributed by atoms with van der Waals surface area (Å²) in [7, 11) is 0. The van der Waals surface area contributed by atoms with Crippen molar-refractivity contribution in [2.75, 3.05) is 11.9 Å². The first-order chi connectivity index (χ1) is 15.4. The summed E-state index contributed by atoms with van der Waals surface area (Å²) < 4.78 is 51.9. The molecule has 0 unspecified atom stereocenters. The van der Waals surface area contributed by atoms with Gasteiger partial charge in [-0.25, -0.2) is 0 Å². The minimum absolute atomic E-state index is 0.0274. The highest BCUT2D eigenvalue weighted by molar-refractivity contribution is 5.69. The maximum absolute atomic E-state index is 13.4. The van der Waals surface area contributed by atoms with Crippen LogP contribution in [0.4, 0.5) is 18.9 Å². The second kappa shape index (κ2) is 9.53. The Morgan fingerprint density at radius 1 is 1.16 bits per heavy atom. The monoisotopic (exact) mass is 447 g/mol. The maximum Gasteiger partial charge on any atom is 0.416 e. The van der Waals surface area contributed by atoms with Crippen LogP contribution in [0.3, 0.4) is 0 Å². The van der Waals surface area contributed by atoms with Gasteiger partial charge in [0, 0.05) is 23.6 Å². The number of halogens is 3. The normalized spacial score (nSPS) is 24.8. The van der Waals surface area contributed by atoms with Crippen molar-refractivity contribution >= 4 is 11.7 Å². The number of carbonyl (C=O) groups is 1. The number of alkyl halides is 3. The molecule has 0 aromatic heterocycles. The number of hydrogen-bond donors (Lipinski definition) is 1. The molecule has 0 spiro atoms. The van der Waals surface area contributed by atoms with Crippen molar-refractivity contribution in [2.45, 2.75) is 63.5 Å². The van der Waals surface area contributed by atoms with Gasteiger partial charge in [0.05, 0.1) is 23.8 Å². The molecule has 2 aliphatic heterocycles. The van der Waals surface area contributed by atoms with E-state index in [0.29, 0.717) is 24.1 Å². The number of esters is 1. The lowest BCUT2D eigenvalue weighted by molar-refractivity contribution is -0.157. The van der Waals surface area contributed by atoms with Gasteiger partial charge in [0.1, 0.15) is 6.61 Å². The maximum atomic E-state index is 13.4. The van der Waals surface area contributed by atoms with E-state index in [1.165, 1.54) is 12.1 Å². The Labute approximate surface area is 186 Å². The number of carbonyl (C=O) groups excluding carboxylic acids is 1. The Morgan fingerprint density at radius 3 is 2.66 bits per heavy atom. The second-order valence-electron chi connectivity index (χ2n) is 8.54. The van der Waals surface area contributed by atoms with E-state index in [4.69, 9.17) is 9.47 Å². The Bertz CT molecular complexity index is 932. The molecule has 172 valence electrons. The van der Waals surface area contributed by atoms with Crippen molar-refractivity contribution in [1.29, 1.82) is 0 Å². The molecule has 2 heterocycles. The minimum atomic E-state index is -4.43. The van der Waals surface area contributed by atoms with Crippen molar-refractivity contribution in [3.8, 4) is 0 Å². The van der Waals surface area contributed by atoms with Gasteiger partial charge in [-0.2, -0.15) is 13.2 Å². The molecule has 0 saturated carbocycles. The van der Waals surface area contributed by atoms with Gasteiger partial charge in [-0.15, -0.1) is 0 Å². The van der Waals surface area contributed by atoms with Crippen LogP contribution in [-0.4, -0.2) is 18.7 Å². The fourth-order valence-corrected chi connectivity index (χ4v) is 4.62. The van der Waals surface area contributed by atoms with Crippen molar-refractivity contribution in [3.63, 3.8) is 0 Å². The number of hydrogen-bond acceptors (Lipinski definition) is 4. The molecular weight excluding hydrogens is 419 g/mol. The van der Waals surface area contributed by atoms with Crippen LogP contribution in [0, 0.1) is 5.92 Å². The van der Waals surface area contributed by atoms with Crippen LogP contribution >= 0.6 is 0 Å². The highest BCUT2D eigenvalue weighted by Crippen LogP contribution is 2.51. The summed E-state index contributed by atoms with van der Waals surface area (Å²) in [4.78, 5) is 11.9. The second-order valence-corrected chi connectivity index (χ2v) is 8.54. The fourth-order valence-electron chi connectivity index (χ4n) is 4.62. The van der Waals surface area contributed by atoms with Crippen molar-refractivity contribution < 1.29 is 27.4 Å². The minimum Gasteiger partial charge on any atom is -0.463 e. The zero-order valence-corrected chi connectivity index (χ0v) is 18.0. The van der Waals surface area contributed by atoms with Gasteiger partial charge in [0.25, 0.3) is 0 Å². The molecule has 2 aliphatic rings. The van der Waals surface area contributed by atoms with Gasteiger partial charge in [-0.3, -0.25) is 4.79 Å². The summed E-state index contributed by atoms with van der Waals surface area (Å²) in [6, 6.07) is 13.6. The Kier molecular flexibility index (Phi) is 6.74. The lowest BCUT2D eigenvalue weighted by Crippen LogP contribution is -2.40. The average molecular weight is 447 g/mol. The lowest BCUT2D eigenvalue weighted by Gasteiger charge is -2.45. The summed E-state index contributed by atoms with van der Waals surface area (Å²) in [5.74, 6) is -0.287. The third kappa shape index (κ3) is 4.93. The molecule has 0 radical (unpaired) electrons. The molecule has 0 aliphatic carbocycles. The van der Waals surface area contributed by atoms with Crippen LogP contribution in [0.5, 0.6) is 0 Å². The zero-order chi connectivity index (χ0) is 22.7. The van der Waals surface area contributed by atoms with Gasteiger partial charge < -0.3 is 14.8 Å². The van der Waals surface area contributed by atoms with E-state index in [0.717, 1.165) is 30.9 Å². The van der Waals surface area contributed by atoms with Crippen LogP contribution in [-0.2, 0) is 20.4 Å². The van der Waals surface area contributed by atoms with Crippen LogP contribution in [0.25, 0.3) is 0 Å². The third-order valence-corrected chi connectivity index (χ3v) is 6.30. The van der Waals surface area contributed by atoms with E-state index in [2.05, 4.69) is 5.32 Å². The number of fused-ring (bicyclic) bond motifs is 3. The predicted molar refractivity (Wildman–Crippen MR) is 115 cm³/mol. The van der Waals surface area contributed by atoms with Gasteiger partial charge in [0.2, 0.25) is 0 Å². The molecule has 1 fully saturated rings. The molecule has 1 N–H and O–H groups in total. The van der Waals surface area contributed by atoms with Crippen molar-refractivity contribution in [3.05, 3.63) is 65.2 Å². The number of unbranched alkanes of at least 4 members (excludes halogenated alkanes) is 1. The molecule has 0 bridgehead atoms. The molecule has 2 aromatic rings. The van der Waals surface area contributed by atoms with E-state index in [-0.39, 0.29) is 30.6 Å². The van der Waals surface area contributed by atoms with Crippen molar-refractivity contribution in [1.82, 2.24) is 0 Å². The quantitative estimate of drug-likeness (QED) is 0.518. The van der Waals surface area contributed by atoms with Crippen LogP contribution < -0.4 is 5.32 Å². The average Bonchev–Trinajstić information content (AvgIpc) is 2.80. The van der Waals surface area contributed by atoms with E-state index >= 15 is 0 Å². The van der Waals surface area contributed by atoms with Gasteiger partial charge in [-0.1, -0.05) is 43.7 Å². The molecule has 4 rings (SSSR count). The topological polar surface area (TPSA) is 47.6 Å². The summed E-state index contributed by atoms with van der Waals surface area (Å²) in [5.41, 5.74) is 1.54. The summed E-state index contributed by atoms with van der Waals surface area (Å²) in [5, 5.41) is 3.45. The Morgan fingerprint density at radius 2 is 1.94 bits per heavy atom. The molecule has 1 saturated heterocycles. The molecule has 2 aromatic carbocycles. The molecule has 4 nitrogen and oxygen atoms in total. The summed E-state index contributed by atoms with van der Waals surface area (Å²) in [6.07, 6.45) is -1.79. The molecule has 0 amide bonds. The standard InChI is InChI=1S/C25H28F3NO3/c1-2-3-9-22(30)31-15-18-11-12-19-23(16-7-5-4-6-8-16)29-21-13-10-17(25(26,27)28)14-20(21)24(19)32-18/h4-8,10,13-14,18-19,23-24,29H,2-3,9,11-12,15H2,1H3/t18-,19+,23+,24+/m1/s1. The molecule has 4 atom stereocenters. The lowest BCUT2D eigenvalue weighted by atomic mass is 9.76. The van der Waals surface area contributed by atoms with Gasteiger partial charge in [0.15, 0.2) is 0 Å². The Hall–Kier alpha value is -2.54. The van der Waals surface area contributed by atoms with Gasteiger partial charge >= 0.3 is 12.1 Å². The first-order valence-electron chi connectivity index (χ1n) is 11.2. The molecule has 7 heteroatoms.